The number of nitrogens with zero attached hydrogens (tertiary/aromatic N) is 7. The first-order valence-corrected chi connectivity index (χ1v) is 21.6. The molecule has 0 bridgehead atoms. The zero-order valence-corrected chi connectivity index (χ0v) is 33.9. The fourth-order valence-electron chi connectivity index (χ4n) is 9.84. The summed E-state index contributed by atoms with van der Waals surface area (Å²) in [6.07, 6.45) is 9.80. The molecule has 0 radical (unpaired) electrons. The van der Waals surface area contributed by atoms with Crippen LogP contribution in [-0.4, -0.2) is 117 Å². The quantitative estimate of drug-likeness (QED) is 0.199. The van der Waals surface area contributed by atoms with Crippen molar-refractivity contribution in [3.8, 4) is 17.1 Å². The number of amides is 3. The Morgan fingerprint density at radius 1 is 0.867 bits per heavy atom. The Labute approximate surface area is 347 Å². The van der Waals surface area contributed by atoms with Crippen LogP contribution in [0.2, 0.25) is 0 Å². The average Bonchev–Trinajstić information content (AvgIpc) is 3.67. The Morgan fingerprint density at radius 3 is 2.38 bits per heavy atom. The van der Waals surface area contributed by atoms with Crippen LogP contribution < -0.4 is 19.9 Å². The van der Waals surface area contributed by atoms with Crippen LogP contribution >= 0.6 is 0 Å². The Kier molecular flexibility index (Phi) is 10.2. The van der Waals surface area contributed by atoms with Gasteiger partial charge in [-0.1, -0.05) is 0 Å². The molecule has 4 aromatic rings. The summed E-state index contributed by atoms with van der Waals surface area (Å²) in [6, 6.07) is 8.31. The molecule has 1 unspecified atom stereocenters. The molecule has 3 saturated heterocycles. The van der Waals surface area contributed by atoms with E-state index in [1.807, 2.05) is 18.2 Å². The van der Waals surface area contributed by atoms with Crippen molar-refractivity contribution >= 4 is 40.1 Å². The molecule has 6 aliphatic rings. The maximum Gasteiger partial charge on any atom is 0.255 e. The molecular weight excluding hydrogens is 773 g/mol. The zero-order chi connectivity index (χ0) is 41.1. The summed E-state index contributed by atoms with van der Waals surface area (Å²) in [4.78, 5) is 54.3. The molecule has 2 aliphatic carbocycles. The maximum absolute atomic E-state index is 16.0. The topological polar surface area (TPSA) is 149 Å². The molecule has 16 heteroatoms. The standard InChI is InChI=1S/C44H51F2N9O5/c1-44(12-13-44)60-29-6-7-34-31(20-29)40(51-50-34)35-22-37(48-25-47-35)53-18-16-52(17-19-53)23-26-2-4-27(5-3-26)59-28-10-14-54(15-11-28)41-33(45)21-30-32(39(41)46)24-55(43(30)58)36-8-9-38(56)49-42(36)57/h6-7,20-22,25-28,36H,2-5,8-19,23-24H2,1H3,(H,50,51)(H,49,56,57)/t26-,27-,36?. The number of hydrogen-bond donors (Lipinski definition) is 2. The van der Waals surface area contributed by atoms with Gasteiger partial charge in [0, 0.05) is 69.3 Å². The van der Waals surface area contributed by atoms with Gasteiger partial charge in [-0.05, 0) is 94.9 Å². The van der Waals surface area contributed by atoms with E-state index in [0.717, 1.165) is 111 Å². The third-order valence-corrected chi connectivity index (χ3v) is 13.6. The third kappa shape index (κ3) is 7.68. The lowest BCUT2D eigenvalue weighted by Crippen LogP contribution is -2.52. The lowest BCUT2D eigenvalue weighted by molar-refractivity contribution is -0.136. The van der Waals surface area contributed by atoms with Crippen LogP contribution in [0.15, 0.2) is 36.7 Å². The van der Waals surface area contributed by atoms with Crippen molar-refractivity contribution in [1.29, 1.82) is 0 Å². The van der Waals surface area contributed by atoms with Crippen molar-refractivity contribution in [2.75, 3.05) is 55.6 Å². The van der Waals surface area contributed by atoms with Gasteiger partial charge in [0.15, 0.2) is 5.82 Å². The number of fused-ring (bicyclic) bond motifs is 2. The fourth-order valence-corrected chi connectivity index (χ4v) is 9.84. The third-order valence-electron chi connectivity index (χ3n) is 13.6. The summed E-state index contributed by atoms with van der Waals surface area (Å²) >= 11 is 0. The van der Waals surface area contributed by atoms with Gasteiger partial charge in [-0.15, -0.1) is 0 Å². The number of nitrogens with one attached hydrogen (secondary N) is 2. The highest BCUT2D eigenvalue weighted by Crippen LogP contribution is 2.41. The predicted molar refractivity (Wildman–Crippen MR) is 219 cm³/mol. The highest BCUT2D eigenvalue weighted by molar-refractivity contribution is 6.05. The Bertz CT molecular complexity index is 2310. The van der Waals surface area contributed by atoms with Gasteiger partial charge in [-0.3, -0.25) is 29.7 Å². The van der Waals surface area contributed by atoms with Crippen LogP contribution in [0.5, 0.6) is 5.75 Å². The van der Waals surface area contributed by atoms with E-state index >= 15 is 8.78 Å². The van der Waals surface area contributed by atoms with Gasteiger partial charge >= 0.3 is 0 Å². The van der Waals surface area contributed by atoms with Gasteiger partial charge < -0.3 is 24.2 Å². The highest BCUT2D eigenvalue weighted by atomic mass is 19.1. The number of ether oxygens (including phenoxy) is 2. The van der Waals surface area contributed by atoms with Gasteiger partial charge in [-0.25, -0.2) is 18.7 Å². The van der Waals surface area contributed by atoms with E-state index in [-0.39, 0.29) is 54.0 Å². The van der Waals surface area contributed by atoms with Crippen LogP contribution in [0.3, 0.4) is 0 Å². The number of piperazine rings is 1. The normalized spacial score (nSPS) is 24.9. The SMILES string of the molecule is CC1(Oc2ccc3[nH]nc(-c4cc(N5CCN(C[C@H]6CC[C@H](OC7CCN(c8c(F)cc9c(c8F)CN(C8CCC(=O)NC8=O)C9=O)CC7)CC6)CC5)ncn4)c3c2)CC1. The van der Waals surface area contributed by atoms with Gasteiger partial charge in [0.1, 0.15) is 46.7 Å². The van der Waals surface area contributed by atoms with Gasteiger partial charge in [-0.2, -0.15) is 5.10 Å². The molecule has 2 aromatic carbocycles. The number of aromatic amines is 1. The number of carbonyl (C=O) groups excluding carboxylic acids is 3. The Hall–Kier alpha value is -5.22. The Balaban J connectivity index is 0.675. The minimum atomic E-state index is -0.889. The van der Waals surface area contributed by atoms with E-state index < -0.39 is 35.4 Å². The molecule has 2 saturated carbocycles. The summed E-state index contributed by atoms with van der Waals surface area (Å²) in [5.41, 5.74) is 2.38. The van der Waals surface area contributed by atoms with Crippen molar-refractivity contribution < 1.29 is 32.6 Å². The minimum Gasteiger partial charge on any atom is -0.488 e. The molecule has 6 heterocycles. The van der Waals surface area contributed by atoms with Crippen molar-refractivity contribution in [3.05, 3.63) is 59.4 Å². The van der Waals surface area contributed by atoms with Crippen molar-refractivity contribution in [2.45, 2.75) is 102 Å². The van der Waals surface area contributed by atoms with E-state index in [1.165, 1.54) is 4.90 Å². The van der Waals surface area contributed by atoms with Gasteiger partial charge in [0.2, 0.25) is 11.8 Å². The largest absolute Gasteiger partial charge is 0.488 e. The minimum absolute atomic E-state index is 0.0254. The zero-order valence-electron chi connectivity index (χ0n) is 33.9. The maximum atomic E-state index is 16.0. The number of aromatic nitrogens is 4. The summed E-state index contributed by atoms with van der Waals surface area (Å²) in [5.74, 6) is -0.732. The number of carbonyl (C=O) groups is 3. The molecule has 10 rings (SSSR count). The average molecular weight is 824 g/mol. The van der Waals surface area contributed by atoms with Crippen LogP contribution in [0, 0.1) is 17.6 Å². The number of H-pyrrole nitrogens is 1. The van der Waals surface area contributed by atoms with Crippen molar-refractivity contribution in [1.82, 2.24) is 35.3 Å². The summed E-state index contributed by atoms with van der Waals surface area (Å²) in [7, 11) is 0. The summed E-state index contributed by atoms with van der Waals surface area (Å²) in [5, 5.41) is 11.0. The number of hydrogen-bond acceptors (Lipinski definition) is 11. The molecule has 3 amide bonds. The van der Waals surface area contributed by atoms with E-state index in [1.54, 1.807) is 11.2 Å². The molecule has 5 fully saturated rings. The van der Waals surface area contributed by atoms with Crippen molar-refractivity contribution in [3.63, 3.8) is 0 Å². The molecule has 2 N–H and O–H groups in total. The van der Waals surface area contributed by atoms with E-state index in [2.05, 4.69) is 48.3 Å². The monoisotopic (exact) mass is 823 g/mol. The fraction of sp³-hybridized carbons (Fsp3) is 0.545. The number of imide groups is 1. The van der Waals surface area contributed by atoms with Crippen LogP contribution in [-0.2, 0) is 20.9 Å². The molecule has 14 nitrogen and oxygen atoms in total. The second-order valence-electron chi connectivity index (χ2n) is 17.8. The number of halogens is 2. The van der Waals surface area contributed by atoms with Gasteiger partial charge in [0.25, 0.3) is 5.91 Å². The highest BCUT2D eigenvalue weighted by Gasteiger charge is 2.43. The second-order valence-corrected chi connectivity index (χ2v) is 17.8. The molecular formula is C44H51F2N9O5. The number of benzene rings is 2. The second kappa shape index (κ2) is 15.7. The van der Waals surface area contributed by atoms with E-state index in [4.69, 9.17) is 9.47 Å². The first-order chi connectivity index (χ1) is 29.1. The molecule has 4 aliphatic heterocycles. The molecule has 316 valence electrons. The lowest BCUT2D eigenvalue weighted by Gasteiger charge is -2.39. The smallest absolute Gasteiger partial charge is 0.255 e. The molecule has 2 aromatic heterocycles. The first-order valence-electron chi connectivity index (χ1n) is 21.6. The number of rotatable bonds is 10. The van der Waals surface area contributed by atoms with E-state index in [9.17, 15) is 14.4 Å². The summed E-state index contributed by atoms with van der Waals surface area (Å²) in [6.45, 7) is 7.69. The molecule has 1 atom stereocenters. The first kappa shape index (κ1) is 38.9. The van der Waals surface area contributed by atoms with Crippen LogP contribution in [0.25, 0.3) is 22.3 Å². The van der Waals surface area contributed by atoms with Crippen molar-refractivity contribution in [2.24, 2.45) is 5.92 Å². The molecule has 60 heavy (non-hydrogen) atoms. The summed E-state index contributed by atoms with van der Waals surface area (Å²) < 4.78 is 44.2. The lowest BCUT2D eigenvalue weighted by atomic mass is 9.86. The van der Waals surface area contributed by atoms with E-state index in [0.29, 0.717) is 31.8 Å². The number of anilines is 2. The number of piperidine rings is 2. The van der Waals surface area contributed by atoms with Gasteiger partial charge in [0.05, 0.1) is 35.5 Å². The predicted octanol–water partition coefficient (Wildman–Crippen LogP) is 5.36. The van der Waals surface area contributed by atoms with Crippen LogP contribution in [0.1, 0.15) is 87.1 Å². The van der Waals surface area contributed by atoms with Crippen LogP contribution in [0.4, 0.5) is 20.3 Å². The Morgan fingerprint density at radius 2 is 1.63 bits per heavy atom. The molecule has 0 spiro atoms.